The lowest BCUT2D eigenvalue weighted by Gasteiger charge is -2.29. The Kier molecular flexibility index (Phi) is 7.12. The van der Waals surface area contributed by atoms with Crippen LogP contribution in [0.2, 0.25) is 0 Å². The molecule has 2 aliphatic heterocycles. The summed E-state index contributed by atoms with van der Waals surface area (Å²) < 4.78 is 17.2. The standard InChI is InChI=1S/C29H34N2O5/c1-4-35-22-10-11-23-24(18-22)36-28-25(27(23)32)26(21-8-6-20(7-9-21)19(2)3)31(29(28)33)13-5-12-30-14-16-34-17-15-30/h6-11,18-19,26H,4-5,12-17H2,1-3H3. The number of nitrogens with zero attached hydrogens (tertiary/aromatic N) is 2. The lowest BCUT2D eigenvalue weighted by Crippen LogP contribution is -2.38. The van der Waals surface area contributed by atoms with Crippen LogP contribution in [0.5, 0.6) is 5.75 Å². The zero-order valence-electron chi connectivity index (χ0n) is 21.3. The van der Waals surface area contributed by atoms with Crippen molar-refractivity contribution in [2.75, 3.05) is 46.0 Å². The third kappa shape index (κ3) is 4.65. The molecule has 190 valence electrons. The van der Waals surface area contributed by atoms with Crippen LogP contribution in [0.1, 0.15) is 66.4 Å². The lowest BCUT2D eigenvalue weighted by molar-refractivity contribution is 0.0353. The van der Waals surface area contributed by atoms with Crippen molar-refractivity contribution < 1.29 is 18.7 Å². The van der Waals surface area contributed by atoms with Crippen LogP contribution in [-0.4, -0.2) is 61.7 Å². The molecule has 1 unspecified atom stereocenters. The van der Waals surface area contributed by atoms with E-state index >= 15 is 0 Å². The third-order valence-electron chi connectivity index (χ3n) is 7.15. The molecular formula is C29H34N2O5. The molecule has 1 fully saturated rings. The molecule has 0 radical (unpaired) electrons. The fourth-order valence-electron chi connectivity index (χ4n) is 5.18. The molecule has 1 saturated heterocycles. The van der Waals surface area contributed by atoms with Crippen LogP contribution in [0.15, 0.2) is 51.7 Å². The summed E-state index contributed by atoms with van der Waals surface area (Å²) in [4.78, 5) is 31.6. The molecule has 0 aliphatic carbocycles. The Balaban J connectivity index is 1.53. The number of morpholine rings is 1. The highest BCUT2D eigenvalue weighted by Crippen LogP contribution is 2.39. The molecule has 2 aromatic carbocycles. The molecule has 3 heterocycles. The van der Waals surface area contributed by atoms with Gasteiger partial charge in [0.25, 0.3) is 5.91 Å². The zero-order chi connectivity index (χ0) is 25.2. The maximum Gasteiger partial charge on any atom is 0.290 e. The molecule has 0 saturated carbocycles. The van der Waals surface area contributed by atoms with Crippen LogP contribution >= 0.6 is 0 Å². The summed E-state index contributed by atoms with van der Waals surface area (Å²) in [6, 6.07) is 13.0. The van der Waals surface area contributed by atoms with E-state index in [9.17, 15) is 9.59 Å². The highest BCUT2D eigenvalue weighted by Gasteiger charge is 2.42. The number of hydrogen-bond donors (Lipinski definition) is 0. The molecule has 1 atom stereocenters. The summed E-state index contributed by atoms with van der Waals surface area (Å²) in [7, 11) is 0. The maximum absolute atomic E-state index is 13.8. The summed E-state index contributed by atoms with van der Waals surface area (Å²) in [5, 5.41) is 0.462. The maximum atomic E-state index is 13.8. The van der Waals surface area contributed by atoms with E-state index in [2.05, 4.69) is 30.9 Å². The summed E-state index contributed by atoms with van der Waals surface area (Å²) in [5.74, 6) is 0.924. The second kappa shape index (κ2) is 10.4. The van der Waals surface area contributed by atoms with Crippen LogP contribution in [0.3, 0.4) is 0 Å². The molecule has 2 aliphatic rings. The number of benzene rings is 2. The smallest absolute Gasteiger partial charge is 0.290 e. The molecule has 0 spiro atoms. The molecule has 7 nitrogen and oxygen atoms in total. The van der Waals surface area contributed by atoms with Gasteiger partial charge in [-0.25, -0.2) is 0 Å². The van der Waals surface area contributed by atoms with Gasteiger partial charge in [-0.05, 0) is 42.5 Å². The van der Waals surface area contributed by atoms with Crippen molar-refractivity contribution in [1.29, 1.82) is 0 Å². The quantitative estimate of drug-likeness (QED) is 0.460. The van der Waals surface area contributed by atoms with Gasteiger partial charge < -0.3 is 18.8 Å². The molecule has 3 aromatic rings. The average molecular weight is 491 g/mol. The van der Waals surface area contributed by atoms with Gasteiger partial charge in [0.2, 0.25) is 5.76 Å². The average Bonchev–Trinajstić information content (AvgIpc) is 3.16. The second-order valence-electron chi connectivity index (χ2n) is 9.79. The highest BCUT2D eigenvalue weighted by molar-refractivity contribution is 5.99. The van der Waals surface area contributed by atoms with E-state index in [0.29, 0.717) is 41.4 Å². The molecule has 36 heavy (non-hydrogen) atoms. The first-order valence-corrected chi connectivity index (χ1v) is 12.9. The molecule has 0 N–H and O–H groups in total. The summed E-state index contributed by atoms with van der Waals surface area (Å²) in [5.41, 5.74) is 2.80. The minimum atomic E-state index is -0.467. The van der Waals surface area contributed by atoms with Crippen LogP contribution in [0.4, 0.5) is 0 Å². The van der Waals surface area contributed by atoms with Gasteiger partial charge in [-0.3, -0.25) is 14.5 Å². The van der Waals surface area contributed by atoms with Crippen LogP contribution < -0.4 is 10.2 Å². The predicted octanol–water partition coefficient (Wildman–Crippen LogP) is 4.58. The van der Waals surface area contributed by atoms with E-state index in [1.807, 2.05) is 24.0 Å². The number of ether oxygens (including phenoxy) is 2. The van der Waals surface area contributed by atoms with E-state index in [1.165, 1.54) is 5.56 Å². The second-order valence-corrected chi connectivity index (χ2v) is 9.79. The zero-order valence-corrected chi connectivity index (χ0v) is 21.3. The minimum absolute atomic E-state index is 0.144. The van der Waals surface area contributed by atoms with Gasteiger partial charge in [-0.2, -0.15) is 0 Å². The number of carbonyl (C=O) groups is 1. The van der Waals surface area contributed by atoms with E-state index in [4.69, 9.17) is 13.9 Å². The number of hydrogen-bond acceptors (Lipinski definition) is 6. The summed E-state index contributed by atoms with van der Waals surface area (Å²) in [6.07, 6.45) is 0.808. The summed E-state index contributed by atoms with van der Waals surface area (Å²) in [6.45, 7) is 11.4. The highest BCUT2D eigenvalue weighted by atomic mass is 16.5. The monoisotopic (exact) mass is 490 g/mol. The molecule has 5 rings (SSSR count). The minimum Gasteiger partial charge on any atom is -0.494 e. The Labute approximate surface area is 211 Å². The van der Waals surface area contributed by atoms with Gasteiger partial charge in [-0.15, -0.1) is 0 Å². The Morgan fingerprint density at radius 3 is 2.47 bits per heavy atom. The number of amides is 1. The molecule has 1 amide bonds. The van der Waals surface area contributed by atoms with E-state index < -0.39 is 6.04 Å². The van der Waals surface area contributed by atoms with Crippen molar-refractivity contribution in [1.82, 2.24) is 9.80 Å². The topological polar surface area (TPSA) is 72.2 Å². The largest absolute Gasteiger partial charge is 0.494 e. The van der Waals surface area contributed by atoms with E-state index in [1.54, 1.807) is 18.2 Å². The first kappa shape index (κ1) is 24.5. The van der Waals surface area contributed by atoms with Crippen LogP contribution in [0, 0.1) is 0 Å². The normalized spacial score (nSPS) is 18.3. The molecule has 7 heteroatoms. The Bertz CT molecular complexity index is 1290. The Morgan fingerprint density at radius 2 is 1.78 bits per heavy atom. The number of carbonyl (C=O) groups excluding carboxylic acids is 1. The van der Waals surface area contributed by atoms with Gasteiger partial charge in [0.05, 0.1) is 36.8 Å². The fraction of sp³-hybridized carbons (Fsp3) is 0.448. The van der Waals surface area contributed by atoms with Crippen molar-refractivity contribution >= 4 is 16.9 Å². The molecule has 0 bridgehead atoms. The van der Waals surface area contributed by atoms with Crippen molar-refractivity contribution in [2.45, 2.75) is 39.2 Å². The first-order valence-electron chi connectivity index (χ1n) is 12.9. The number of fused-ring (bicyclic) bond motifs is 2. The van der Waals surface area contributed by atoms with Crippen molar-refractivity contribution in [2.24, 2.45) is 0 Å². The first-order chi connectivity index (χ1) is 17.5. The van der Waals surface area contributed by atoms with Crippen molar-refractivity contribution in [3.8, 4) is 5.75 Å². The Hall–Kier alpha value is -3.16. The van der Waals surface area contributed by atoms with Crippen molar-refractivity contribution in [3.63, 3.8) is 0 Å². The fourth-order valence-corrected chi connectivity index (χ4v) is 5.18. The molecule has 1 aromatic heterocycles. The van der Waals surface area contributed by atoms with Gasteiger partial charge in [0.1, 0.15) is 11.3 Å². The van der Waals surface area contributed by atoms with E-state index in [0.717, 1.165) is 44.8 Å². The third-order valence-corrected chi connectivity index (χ3v) is 7.15. The van der Waals surface area contributed by atoms with Gasteiger partial charge >= 0.3 is 0 Å². The lowest BCUT2D eigenvalue weighted by atomic mass is 9.95. The predicted molar refractivity (Wildman–Crippen MR) is 139 cm³/mol. The van der Waals surface area contributed by atoms with Gasteiger partial charge in [0.15, 0.2) is 5.43 Å². The SMILES string of the molecule is CCOc1ccc2c(=O)c3c(oc2c1)C(=O)N(CCCN1CCOCC1)C3c1ccc(C(C)C)cc1. The molecular weight excluding hydrogens is 456 g/mol. The van der Waals surface area contributed by atoms with Gasteiger partial charge in [0, 0.05) is 32.2 Å². The summed E-state index contributed by atoms with van der Waals surface area (Å²) >= 11 is 0. The van der Waals surface area contributed by atoms with Gasteiger partial charge in [-0.1, -0.05) is 38.1 Å². The van der Waals surface area contributed by atoms with Crippen LogP contribution in [0.25, 0.3) is 11.0 Å². The van der Waals surface area contributed by atoms with Crippen molar-refractivity contribution in [3.05, 3.63) is 75.1 Å². The van der Waals surface area contributed by atoms with E-state index in [-0.39, 0.29) is 17.1 Å². The van der Waals surface area contributed by atoms with Crippen LogP contribution in [-0.2, 0) is 4.74 Å². The Morgan fingerprint density at radius 1 is 1.03 bits per heavy atom. The number of rotatable bonds is 8.